The molecule has 4 heteroatoms. The standard InChI is InChI=1S/C16H22N2O2/c17-12-16(18)9-3-5-14(16)8-11-20-15-6-2-1-4-13(15)7-10-19/h1-2,4,6,14,19H,3,5,7-11,18H2. The summed E-state index contributed by atoms with van der Waals surface area (Å²) in [6, 6.07) is 10.0. The van der Waals surface area contributed by atoms with Crippen LogP contribution in [0, 0.1) is 17.2 Å². The molecule has 0 heterocycles. The lowest BCUT2D eigenvalue weighted by molar-refractivity contribution is 0.250. The summed E-state index contributed by atoms with van der Waals surface area (Å²) in [5.41, 5.74) is 6.45. The minimum atomic E-state index is -0.673. The highest BCUT2D eigenvalue weighted by atomic mass is 16.5. The maximum atomic E-state index is 9.18. The number of ether oxygens (including phenoxy) is 1. The first-order valence-electron chi connectivity index (χ1n) is 7.21. The van der Waals surface area contributed by atoms with Crippen LogP contribution < -0.4 is 10.5 Å². The van der Waals surface area contributed by atoms with E-state index in [-0.39, 0.29) is 12.5 Å². The van der Waals surface area contributed by atoms with E-state index >= 15 is 0 Å². The monoisotopic (exact) mass is 274 g/mol. The van der Waals surface area contributed by atoms with E-state index in [9.17, 15) is 5.26 Å². The van der Waals surface area contributed by atoms with Crippen molar-refractivity contribution in [2.45, 2.75) is 37.6 Å². The Kier molecular flexibility index (Phi) is 4.99. The lowest BCUT2D eigenvalue weighted by atomic mass is 9.87. The molecule has 0 aliphatic heterocycles. The Morgan fingerprint density at radius 3 is 3.00 bits per heavy atom. The number of nitrogens with zero attached hydrogens (tertiary/aromatic N) is 1. The van der Waals surface area contributed by atoms with Crippen molar-refractivity contribution in [3.05, 3.63) is 29.8 Å². The Morgan fingerprint density at radius 2 is 2.25 bits per heavy atom. The molecule has 4 nitrogen and oxygen atoms in total. The molecule has 0 amide bonds. The molecule has 3 N–H and O–H groups in total. The van der Waals surface area contributed by atoms with Gasteiger partial charge in [-0.1, -0.05) is 24.6 Å². The predicted octanol–water partition coefficient (Wildman–Crippen LogP) is 2.01. The molecule has 0 radical (unpaired) electrons. The Labute approximate surface area is 120 Å². The highest BCUT2D eigenvalue weighted by molar-refractivity contribution is 5.33. The highest BCUT2D eigenvalue weighted by Gasteiger charge is 2.39. The van der Waals surface area contributed by atoms with Crippen molar-refractivity contribution in [3.63, 3.8) is 0 Å². The van der Waals surface area contributed by atoms with Crippen LogP contribution in [0.5, 0.6) is 5.75 Å². The van der Waals surface area contributed by atoms with Crippen LogP contribution in [0.1, 0.15) is 31.2 Å². The number of hydrogen-bond acceptors (Lipinski definition) is 4. The number of para-hydroxylation sites is 1. The fourth-order valence-corrected chi connectivity index (χ4v) is 2.93. The minimum absolute atomic E-state index is 0.114. The van der Waals surface area contributed by atoms with Crippen molar-refractivity contribution >= 4 is 0 Å². The van der Waals surface area contributed by atoms with Crippen LogP contribution in [0.25, 0.3) is 0 Å². The summed E-state index contributed by atoms with van der Waals surface area (Å²) in [6.45, 7) is 0.678. The van der Waals surface area contributed by atoms with E-state index in [1.165, 1.54) is 0 Å². The number of aliphatic hydroxyl groups is 1. The average Bonchev–Trinajstić information content (AvgIpc) is 2.83. The van der Waals surface area contributed by atoms with Gasteiger partial charge in [-0.15, -0.1) is 0 Å². The maximum Gasteiger partial charge on any atom is 0.122 e. The quantitative estimate of drug-likeness (QED) is 0.831. The molecule has 1 aromatic carbocycles. The van der Waals surface area contributed by atoms with Crippen LogP contribution in [0.2, 0.25) is 0 Å². The van der Waals surface area contributed by atoms with Gasteiger partial charge in [-0.05, 0) is 43.2 Å². The summed E-state index contributed by atoms with van der Waals surface area (Å²) in [5, 5.41) is 18.2. The summed E-state index contributed by atoms with van der Waals surface area (Å²) in [7, 11) is 0. The van der Waals surface area contributed by atoms with Gasteiger partial charge in [0.15, 0.2) is 0 Å². The minimum Gasteiger partial charge on any atom is -0.493 e. The molecule has 0 bridgehead atoms. The molecule has 2 rings (SSSR count). The Bertz CT molecular complexity index is 484. The molecule has 108 valence electrons. The third kappa shape index (κ3) is 3.30. The van der Waals surface area contributed by atoms with Crippen molar-refractivity contribution in [2.24, 2.45) is 11.7 Å². The summed E-state index contributed by atoms with van der Waals surface area (Å²) < 4.78 is 5.81. The van der Waals surface area contributed by atoms with Gasteiger partial charge in [-0.2, -0.15) is 5.26 Å². The van der Waals surface area contributed by atoms with Gasteiger partial charge in [0.05, 0.1) is 12.7 Å². The second-order valence-corrected chi connectivity index (χ2v) is 5.46. The van der Waals surface area contributed by atoms with E-state index in [2.05, 4.69) is 6.07 Å². The number of rotatable bonds is 6. The third-order valence-electron chi connectivity index (χ3n) is 4.16. The van der Waals surface area contributed by atoms with Crippen LogP contribution >= 0.6 is 0 Å². The maximum absolute atomic E-state index is 9.18. The first kappa shape index (κ1) is 14.8. The molecule has 1 aromatic rings. The second kappa shape index (κ2) is 6.74. The lowest BCUT2D eigenvalue weighted by Gasteiger charge is -2.23. The fourth-order valence-electron chi connectivity index (χ4n) is 2.93. The van der Waals surface area contributed by atoms with Crippen LogP contribution in [0.15, 0.2) is 24.3 Å². The van der Waals surface area contributed by atoms with Gasteiger partial charge in [-0.25, -0.2) is 0 Å². The number of benzene rings is 1. The van der Waals surface area contributed by atoms with E-state index in [0.29, 0.717) is 13.0 Å². The Balaban J connectivity index is 1.89. The van der Waals surface area contributed by atoms with E-state index < -0.39 is 5.54 Å². The van der Waals surface area contributed by atoms with E-state index in [1.807, 2.05) is 24.3 Å². The fraction of sp³-hybridized carbons (Fsp3) is 0.562. The molecule has 20 heavy (non-hydrogen) atoms. The lowest BCUT2D eigenvalue weighted by Crippen LogP contribution is -2.42. The Morgan fingerprint density at radius 1 is 1.45 bits per heavy atom. The summed E-state index contributed by atoms with van der Waals surface area (Å²) in [5.74, 6) is 1.04. The zero-order valence-electron chi connectivity index (χ0n) is 11.7. The van der Waals surface area contributed by atoms with Crippen LogP contribution in [0.4, 0.5) is 0 Å². The molecule has 1 aliphatic carbocycles. The van der Waals surface area contributed by atoms with E-state index in [4.69, 9.17) is 15.6 Å². The van der Waals surface area contributed by atoms with Crippen molar-refractivity contribution in [1.82, 2.24) is 0 Å². The first-order valence-corrected chi connectivity index (χ1v) is 7.21. The van der Waals surface area contributed by atoms with Gasteiger partial charge in [0.2, 0.25) is 0 Å². The number of aliphatic hydroxyl groups excluding tert-OH is 1. The normalized spacial score (nSPS) is 25.4. The molecule has 1 saturated carbocycles. The molecule has 0 saturated heterocycles. The van der Waals surface area contributed by atoms with Crippen LogP contribution in [-0.2, 0) is 6.42 Å². The van der Waals surface area contributed by atoms with Gasteiger partial charge in [0.25, 0.3) is 0 Å². The zero-order chi connectivity index (χ0) is 14.4. The van der Waals surface area contributed by atoms with Gasteiger partial charge < -0.3 is 15.6 Å². The number of nitriles is 1. The van der Waals surface area contributed by atoms with Gasteiger partial charge in [0.1, 0.15) is 11.3 Å². The SMILES string of the molecule is N#CC1(N)CCCC1CCOc1ccccc1CCO. The Hall–Kier alpha value is -1.57. The van der Waals surface area contributed by atoms with E-state index in [0.717, 1.165) is 37.0 Å². The van der Waals surface area contributed by atoms with Crippen LogP contribution in [-0.4, -0.2) is 23.9 Å². The number of hydrogen-bond donors (Lipinski definition) is 2. The van der Waals surface area contributed by atoms with Gasteiger partial charge in [0, 0.05) is 6.61 Å². The molecule has 0 spiro atoms. The third-order valence-corrected chi connectivity index (χ3v) is 4.16. The van der Waals surface area contributed by atoms with Crippen LogP contribution in [0.3, 0.4) is 0 Å². The second-order valence-electron chi connectivity index (χ2n) is 5.46. The number of nitrogens with two attached hydrogens (primary N) is 1. The molecule has 2 atom stereocenters. The molecular weight excluding hydrogens is 252 g/mol. The molecule has 2 unspecified atom stereocenters. The molecular formula is C16H22N2O2. The molecule has 1 aliphatic rings. The van der Waals surface area contributed by atoms with Gasteiger partial charge in [-0.3, -0.25) is 0 Å². The molecule has 0 aromatic heterocycles. The summed E-state index contributed by atoms with van der Waals surface area (Å²) in [6.07, 6.45) is 4.22. The summed E-state index contributed by atoms with van der Waals surface area (Å²) in [4.78, 5) is 0. The van der Waals surface area contributed by atoms with Crippen molar-refractivity contribution in [2.75, 3.05) is 13.2 Å². The zero-order valence-corrected chi connectivity index (χ0v) is 11.7. The van der Waals surface area contributed by atoms with Crippen molar-refractivity contribution < 1.29 is 9.84 Å². The van der Waals surface area contributed by atoms with Crippen molar-refractivity contribution in [1.29, 1.82) is 5.26 Å². The smallest absolute Gasteiger partial charge is 0.122 e. The summed E-state index contributed by atoms with van der Waals surface area (Å²) >= 11 is 0. The van der Waals surface area contributed by atoms with E-state index in [1.54, 1.807) is 0 Å². The largest absolute Gasteiger partial charge is 0.493 e. The predicted molar refractivity (Wildman–Crippen MR) is 77.2 cm³/mol. The highest BCUT2D eigenvalue weighted by Crippen LogP contribution is 2.35. The topological polar surface area (TPSA) is 79.3 Å². The van der Waals surface area contributed by atoms with Crippen molar-refractivity contribution in [3.8, 4) is 11.8 Å². The first-order chi connectivity index (χ1) is 9.69. The van der Waals surface area contributed by atoms with Gasteiger partial charge >= 0.3 is 0 Å². The average molecular weight is 274 g/mol. The molecule has 1 fully saturated rings.